The largest absolute Gasteiger partial charge is 0.365 e. The van der Waals surface area contributed by atoms with Crippen LogP contribution >= 0.6 is 0 Å². The molecule has 2 aliphatic heterocycles. The van der Waals surface area contributed by atoms with Gasteiger partial charge in [-0.05, 0) is 18.6 Å². The highest BCUT2D eigenvalue weighted by atomic mass is 19.1. The number of aldehydes is 1. The van der Waals surface area contributed by atoms with Gasteiger partial charge >= 0.3 is 0 Å². The summed E-state index contributed by atoms with van der Waals surface area (Å²) in [6.07, 6.45) is 2.08. The van der Waals surface area contributed by atoms with Crippen molar-refractivity contribution in [1.29, 1.82) is 0 Å². The molecule has 1 aromatic rings. The van der Waals surface area contributed by atoms with Crippen LogP contribution in [0.1, 0.15) is 23.2 Å². The Morgan fingerprint density at radius 3 is 2.95 bits per heavy atom. The van der Waals surface area contributed by atoms with Crippen LogP contribution < -0.4 is 4.90 Å². The van der Waals surface area contributed by atoms with Gasteiger partial charge in [-0.2, -0.15) is 0 Å². The molecular weight excluding hydrogens is 247 g/mol. The first-order chi connectivity index (χ1) is 9.20. The third-order valence-electron chi connectivity index (χ3n) is 3.96. The van der Waals surface area contributed by atoms with E-state index in [0.29, 0.717) is 43.6 Å². The van der Waals surface area contributed by atoms with Crippen molar-refractivity contribution in [3.63, 3.8) is 0 Å². The first kappa shape index (κ1) is 12.1. The van der Waals surface area contributed by atoms with Crippen LogP contribution in [0.4, 0.5) is 10.1 Å². The van der Waals surface area contributed by atoms with Gasteiger partial charge in [-0.3, -0.25) is 9.59 Å². The molecule has 0 aliphatic carbocycles. The molecule has 2 fully saturated rings. The lowest BCUT2D eigenvalue weighted by molar-refractivity contribution is -0.129. The molecule has 1 unspecified atom stereocenters. The van der Waals surface area contributed by atoms with Gasteiger partial charge < -0.3 is 9.80 Å². The maximum Gasteiger partial charge on any atom is 0.223 e. The zero-order valence-electron chi connectivity index (χ0n) is 10.5. The minimum atomic E-state index is -0.373. The van der Waals surface area contributed by atoms with Crippen LogP contribution in [0.15, 0.2) is 18.2 Å². The normalized spacial score (nSPS) is 22.6. The molecule has 0 aromatic heterocycles. The summed E-state index contributed by atoms with van der Waals surface area (Å²) in [6, 6.07) is 4.68. The van der Waals surface area contributed by atoms with E-state index in [9.17, 15) is 14.0 Å². The van der Waals surface area contributed by atoms with E-state index in [0.717, 1.165) is 6.42 Å². The zero-order valence-corrected chi connectivity index (χ0v) is 10.5. The fourth-order valence-corrected chi connectivity index (χ4v) is 3.03. The summed E-state index contributed by atoms with van der Waals surface area (Å²) >= 11 is 0. The number of nitrogens with zero attached hydrogens (tertiary/aromatic N) is 2. The number of anilines is 1. The number of amides is 1. The third-order valence-corrected chi connectivity index (χ3v) is 3.96. The van der Waals surface area contributed by atoms with Crippen LogP contribution in [0.3, 0.4) is 0 Å². The summed E-state index contributed by atoms with van der Waals surface area (Å²) in [4.78, 5) is 26.4. The summed E-state index contributed by atoms with van der Waals surface area (Å²) in [7, 11) is 0. The Labute approximate surface area is 110 Å². The van der Waals surface area contributed by atoms with Crippen molar-refractivity contribution in [3.8, 4) is 0 Å². The number of fused-ring (bicyclic) bond motifs is 1. The second-order valence-corrected chi connectivity index (χ2v) is 5.02. The first-order valence-corrected chi connectivity index (χ1v) is 6.49. The van der Waals surface area contributed by atoms with Crippen LogP contribution in [-0.4, -0.2) is 42.8 Å². The van der Waals surface area contributed by atoms with Gasteiger partial charge in [0.25, 0.3) is 0 Å². The number of benzene rings is 1. The van der Waals surface area contributed by atoms with Crippen LogP contribution in [-0.2, 0) is 4.79 Å². The SMILES string of the molecule is O=Cc1cccc(F)c1N1CCN2C(=O)CCC2C1. The molecular formula is C14H15FN2O2. The van der Waals surface area contributed by atoms with Gasteiger partial charge in [0.2, 0.25) is 5.91 Å². The molecule has 100 valence electrons. The molecule has 19 heavy (non-hydrogen) atoms. The highest BCUT2D eigenvalue weighted by molar-refractivity contribution is 5.85. The average molecular weight is 262 g/mol. The number of hydrogen-bond acceptors (Lipinski definition) is 3. The van der Waals surface area contributed by atoms with Gasteiger partial charge in [-0.15, -0.1) is 0 Å². The van der Waals surface area contributed by atoms with E-state index < -0.39 is 0 Å². The van der Waals surface area contributed by atoms with E-state index in [1.54, 1.807) is 6.07 Å². The maximum atomic E-state index is 14.0. The highest BCUT2D eigenvalue weighted by Gasteiger charge is 2.36. The van der Waals surface area contributed by atoms with Gasteiger partial charge in [0, 0.05) is 37.7 Å². The van der Waals surface area contributed by atoms with Crippen molar-refractivity contribution in [2.45, 2.75) is 18.9 Å². The number of carbonyl (C=O) groups excluding carboxylic acids is 2. The van der Waals surface area contributed by atoms with Gasteiger partial charge in [0.1, 0.15) is 5.82 Å². The molecule has 2 saturated heterocycles. The van der Waals surface area contributed by atoms with Crippen molar-refractivity contribution < 1.29 is 14.0 Å². The quantitative estimate of drug-likeness (QED) is 0.757. The molecule has 2 aliphatic rings. The van der Waals surface area contributed by atoms with Gasteiger partial charge in [0.05, 0.1) is 5.69 Å². The number of carbonyl (C=O) groups is 2. The minimum Gasteiger partial charge on any atom is -0.365 e. The number of halogens is 1. The molecule has 4 nitrogen and oxygen atoms in total. The molecule has 1 aromatic carbocycles. The monoisotopic (exact) mass is 262 g/mol. The summed E-state index contributed by atoms with van der Waals surface area (Å²) in [5, 5.41) is 0. The number of hydrogen-bond donors (Lipinski definition) is 0. The fraction of sp³-hybridized carbons (Fsp3) is 0.429. The standard InChI is InChI=1S/C14H15FN2O2/c15-12-3-1-2-10(9-18)14(12)16-6-7-17-11(8-16)4-5-13(17)19/h1-3,9,11H,4-8H2. The van der Waals surface area contributed by atoms with Crippen molar-refractivity contribution in [3.05, 3.63) is 29.6 Å². The molecule has 0 bridgehead atoms. The summed E-state index contributed by atoms with van der Waals surface area (Å²) < 4.78 is 14.0. The Balaban J connectivity index is 1.88. The highest BCUT2D eigenvalue weighted by Crippen LogP contribution is 2.29. The minimum absolute atomic E-state index is 0.153. The van der Waals surface area contributed by atoms with Gasteiger partial charge in [-0.25, -0.2) is 4.39 Å². The van der Waals surface area contributed by atoms with E-state index in [1.807, 2.05) is 9.80 Å². The van der Waals surface area contributed by atoms with Crippen molar-refractivity contribution in [2.75, 3.05) is 24.5 Å². The number of para-hydroxylation sites is 1. The summed E-state index contributed by atoms with van der Waals surface area (Å²) in [6.45, 7) is 1.79. The van der Waals surface area contributed by atoms with E-state index in [4.69, 9.17) is 0 Å². The van der Waals surface area contributed by atoms with E-state index >= 15 is 0 Å². The van der Waals surface area contributed by atoms with Crippen LogP contribution in [0.2, 0.25) is 0 Å². The molecule has 0 saturated carbocycles. The molecule has 0 radical (unpaired) electrons. The Morgan fingerprint density at radius 2 is 2.16 bits per heavy atom. The predicted octanol–water partition coefficient (Wildman–Crippen LogP) is 1.45. The van der Waals surface area contributed by atoms with Crippen molar-refractivity contribution >= 4 is 17.9 Å². The second-order valence-electron chi connectivity index (χ2n) is 5.02. The molecule has 3 rings (SSSR count). The van der Waals surface area contributed by atoms with Gasteiger partial charge in [-0.1, -0.05) is 6.07 Å². The summed E-state index contributed by atoms with van der Waals surface area (Å²) in [5.41, 5.74) is 0.745. The van der Waals surface area contributed by atoms with E-state index in [1.165, 1.54) is 12.1 Å². The molecule has 5 heteroatoms. The van der Waals surface area contributed by atoms with E-state index in [-0.39, 0.29) is 17.8 Å². The zero-order chi connectivity index (χ0) is 13.4. The average Bonchev–Trinajstić information content (AvgIpc) is 2.79. The first-order valence-electron chi connectivity index (χ1n) is 6.49. The Hall–Kier alpha value is -1.91. The smallest absolute Gasteiger partial charge is 0.223 e. The molecule has 0 spiro atoms. The van der Waals surface area contributed by atoms with Crippen molar-refractivity contribution in [2.24, 2.45) is 0 Å². The lowest BCUT2D eigenvalue weighted by Gasteiger charge is -2.39. The third kappa shape index (κ3) is 1.99. The van der Waals surface area contributed by atoms with Crippen LogP contribution in [0.25, 0.3) is 0 Å². The molecule has 1 amide bonds. The fourth-order valence-electron chi connectivity index (χ4n) is 3.03. The molecule has 2 heterocycles. The van der Waals surface area contributed by atoms with E-state index in [2.05, 4.69) is 0 Å². The number of piperazine rings is 1. The molecule has 0 N–H and O–H groups in total. The Bertz CT molecular complexity index is 532. The predicted molar refractivity (Wildman–Crippen MR) is 68.7 cm³/mol. The second kappa shape index (κ2) is 4.64. The lowest BCUT2D eigenvalue weighted by Crippen LogP contribution is -2.52. The molecule has 1 atom stereocenters. The van der Waals surface area contributed by atoms with Crippen LogP contribution in [0, 0.1) is 5.82 Å². The summed E-state index contributed by atoms with van der Waals surface area (Å²) in [5.74, 6) is -0.184. The Kier molecular flexibility index (Phi) is 2.97. The Morgan fingerprint density at radius 1 is 1.32 bits per heavy atom. The van der Waals surface area contributed by atoms with Crippen LogP contribution in [0.5, 0.6) is 0 Å². The lowest BCUT2D eigenvalue weighted by atomic mass is 10.1. The topological polar surface area (TPSA) is 40.6 Å². The van der Waals surface area contributed by atoms with Gasteiger partial charge in [0.15, 0.2) is 6.29 Å². The maximum absolute atomic E-state index is 14.0. The number of rotatable bonds is 2. The van der Waals surface area contributed by atoms with Crippen molar-refractivity contribution in [1.82, 2.24) is 4.90 Å².